The first kappa shape index (κ1) is 86.5. The van der Waals surface area contributed by atoms with Crippen LogP contribution in [0.25, 0.3) is 165 Å². The number of amides is 1. The van der Waals surface area contributed by atoms with E-state index in [1.54, 1.807) is 83.4 Å². The van der Waals surface area contributed by atoms with Crippen molar-refractivity contribution in [3.8, 4) is 67.5 Å². The number of aryl methyl sites for hydroxylation is 2. The third kappa shape index (κ3) is 16.0. The van der Waals surface area contributed by atoms with Gasteiger partial charge < -0.3 is 16.2 Å². The van der Waals surface area contributed by atoms with Crippen LogP contribution >= 0.6 is 43.5 Å². The number of carbonyl (C=O) groups is 6. The van der Waals surface area contributed by atoms with Gasteiger partial charge in [0.1, 0.15) is 0 Å². The van der Waals surface area contributed by atoms with Gasteiger partial charge in [0.2, 0.25) is 29.0 Å². The summed E-state index contributed by atoms with van der Waals surface area (Å²) >= 11 is 13.1. The Balaban J connectivity index is 0.000000117. The molecule has 0 bridgehead atoms. The average molecular weight is 1870 g/mol. The van der Waals surface area contributed by atoms with Gasteiger partial charge in [0, 0.05) is 120 Å². The summed E-state index contributed by atoms with van der Waals surface area (Å²) in [5.41, 5.74) is 32.8. The molecule has 5 aliphatic rings. The number of halogens is 3. The van der Waals surface area contributed by atoms with E-state index in [1.807, 2.05) is 110 Å². The Morgan fingerprint density at radius 1 is 0.382 bits per heavy atom. The molecular formula is C112H88Br2ClN9O7. The Morgan fingerprint density at radius 3 is 1.18 bits per heavy atom. The fourth-order valence-corrected chi connectivity index (χ4v) is 20.3. The predicted molar refractivity (Wildman–Crippen MR) is 535 cm³/mol. The Morgan fingerprint density at radius 2 is 0.740 bits per heavy atom. The number of hydrogen-bond acceptors (Lipinski definition) is 14. The van der Waals surface area contributed by atoms with Crippen molar-refractivity contribution in [2.45, 2.75) is 104 Å². The highest BCUT2D eigenvalue weighted by molar-refractivity contribution is 9.11. The number of nitrogens with one attached hydrogen (secondary N) is 1. The molecule has 4 aromatic heterocycles. The van der Waals surface area contributed by atoms with E-state index in [1.165, 1.54) is 103 Å². The van der Waals surface area contributed by atoms with Gasteiger partial charge in [-0.2, -0.15) is 0 Å². The summed E-state index contributed by atoms with van der Waals surface area (Å²) in [7, 11) is 0. The monoisotopic (exact) mass is 1860 g/mol. The lowest BCUT2D eigenvalue weighted by atomic mass is 9.95. The molecule has 24 rings (SSSR count). The molecule has 19 aromatic rings. The topological polar surface area (TPSA) is 243 Å². The van der Waals surface area contributed by atoms with Crippen molar-refractivity contribution in [3.05, 3.63) is 343 Å². The van der Waals surface area contributed by atoms with Crippen molar-refractivity contribution < 1.29 is 33.9 Å². The first-order chi connectivity index (χ1) is 63.6. The van der Waals surface area contributed by atoms with Crippen LogP contribution in [0.3, 0.4) is 0 Å². The van der Waals surface area contributed by atoms with Crippen molar-refractivity contribution in [2.75, 3.05) is 13.1 Å². The lowest BCUT2D eigenvalue weighted by molar-refractivity contribution is -0.120. The zero-order valence-electron chi connectivity index (χ0n) is 71.0. The smallest absolute Gasteiger partial charge is 0.262 e. The van der Waals surface area contributed by atoms with Crippen molar-refractivity contribution in [2.24, 2.45) is 5.73 Å². The fourth-order valence-electron chi connectivity index (χ4n) is 19.3. The fraction of sp³-hybridized carbons (Fsp3) is 0.161. The second kappa shape index (κ2) is 37.0. The number of aliphatic hydroxyl groups excluding tert-OH is 1. The van der Waals surface area contributed by atoms with Crippen LogP contribution in [0.15, 0.2) is 282 Å². The highest BCUT2D eigenvalue weighted by Gasteiger charge is 2.34. The molecule has 131 heavy (non-hydrogen) atoms. The molecule has 1 amide bonds. The standard InChI is InChI=1S/C44H39ClN4O3.C25H25N3.C18H9BrN2.C12H5BrO2.C12H6O2.CH4/c1-27-35(36-24-28(26-50)15-22-39(36)49(27)44(52)30-16-19-31(45)20-17-30)25-40(51)46-23-8-4-2-3-5-10-29-18-21-34-41-32(29)11-9-12-33(41)42-43(34)48-38-14-7-6-13-37(38)47-42;26-16-7-3-1-2-4-9-17-14-15-20-23-18(17)10-8-11-19(23)24-25(20)28-22-13-6-5-12-21(22)27-24;19-13-9-8-12-16-10(13)4-3-5-11(16)17-18(12)21-15-7-2-1-6-14(15)20-17;13-9-5-4-8-10-6(9)2-1-3-7(10)11(14)12(8)15;13-11-8-5-1-3-7-4-2-6-9(10(7)8)12(11)14;/h6-7,9,11-22,24,50H,2-5,8,10,23,25-26H2,1H3,(H,46,51);5-6,8,10-15H,1-4,7,9,16,26H2;1-9H;1-5H;1-6H;1H4. The normalized spacial score (nSPS) is 12.3. The van der Waals surface area contributed by atoms with Crippen molar-refractivity contribution in [1.82, 2.24) is 39.8 Å². The summed E-state index contributed by atoms with van der Waals surface area (Å²) in [4.78, 5) is 103. The molecular weight excluding hydrogens is 1780 g/mol. The van der Waals surface area contributed by atoms with Crippen LogP contribution in [0.4, 0.5) is 0 Å². The minimum absolute atomic E-state index is 0. The van der Waals surface area contributed by atoms with Crippen LogP contribution in [0.1, 0.15) is 151 Å². The van der Waals surface area contributed by atoms with Crippen molar-refractivity contribution in [1.29, 1.82) is 0 Å². The largest absolute Gasteiger partial charge is 0.392 e. The molecule has 19 heteroatoms. The third-order valence-corrected chi connectivity index (χ3v) is 27.2. The number of ketones is 4. The molecule has 0 fully saturated rings. The zero-order chi connectivity index (χ0) is 89.0. The SMILES string of the molecule is Brc1ccc2c3c(cccc13)-c1nc3ccccc3nc1-2.C.Cc1c(CC(=O)NCCCCCCCc2ccc3c4c(cccc24)-c2nc4ccccc4nc2-3)c2cc(CO)ccc2n1C(=O)c1ccc(Cl)cc1.NCCCCCCCc1ccc2c3c(cccc13)-c1nc3ccccc3nc1-2.O=C1C(=O)c2ccc(Br)c3cccc1c23.O=C1C(=O)c2cccc3cccc1c23. The number of hydrogen-bond donors (Lipinski definition) is 3. The number of para-hydroxylation sites is 6. The maximum Gasteiger partial charge on any atom is 0.262 e. The van der Waals surface area contributed by atoms with E-state index in [9.17, 15) is 33.9 Å². The lowest BCUT2D eigenvalue weighted by Gasteiger charge is -2.09. The average Bonchev–Trinajstić information content (AvgIpc) is 1.58. The van der Waals surface area contributed by atoms with Crippen LogP contribution in [-0.2, 0) is 30.7 Å². The van der Waals surface area contributed by atoms with Gasteiger partial charge in [-0.3, -0.25) is 33.3 Å². The number of aromatic nitrogens is 7. The molecule has 16 nitrogen and oxygen atoms in total. The minimum Gasteiger partial charge on any atom is -0.392 e. The van der Waals surface area contributed by atoms with Crippen molar-refractivity contribution in [3.63, 3.8) is 0 Å². The molecule has 0 spiro atoms. The number of benzene rings is 15. The molecule has 0 unspecified atom stereocenters. The highest BCUT2D eigenvalue weighted by Crippen LogP contribution is 2.51. The summed E-state index contributed by atoms with van der Waals surface area (Å²) in [5.74, 6) is -1.82. The van der Waals surface area contributed by atoms with Gasteiger partial charge in [-0.05, 0) is 192 Å². The quantitative estimate of drug-likeness (QED) is 0.0504. The summed E-state index contributed by atoms with van der Waals surface area (Å²) in [6.07, 6.45) is 13.8. The van der Waals surface area contributed by atoms with Gasteiger partial charge in [-0.25, -0.2) is 29.9 Å². The second-order valence-corrected chi connectivity index (χ2v) is 35.6. The van der Waals surface area contributed by atoms with Crippen LogP contribution in [0.5, 0.6) is 0 Å². The van der Waals surface area contributed by atoms with Crippen LogP contribution < -0.4 is 11.1 Å². The number of Topliss-reactive ketones (excluding diaryl/α,β-unsaturated/α-hetero) is 4. The molecule has 0 saturated carbocycles. The minimum atomic E-state index is -0.395. The van der Waals surface area contributed by atoms with Gasteiger partial charge in [-0.1, -0.05) is 271 Å². The number of rotatable bonds is 19. The molecule has 0 atom stereocenters. The predicted octanol–water partition coefficient (Wildman–Crippen LogP) is 26.3. The van der Waals surface area contributed by atoms with E-state index in [4.69, 9.17) is 47.2 Å². The first-order valence-corrected chi connectivity index (χ1v) is 46.1. The molecule has 0 radical (unpaired) electrons. The molecule has 0 aliphatic heterocycles. The van der Waals surface area contributed by atoms with E-state index in [2.05, 4.69) is 128 Å². The zero-order valence-corrected chi connectivity index (χ0v) is 75.0. The van der Waals surface area contributed by atoms with E-state index in [0.29, 0.717) is 50.6 Å². The van der Waals surface area contributed by atoms with E-state index in [0.717, 1.165) is 172 Å². The molecule has 15 aromatic carbocycles. The van der Waals surface area contributed by atoms with E-state index < -0.39 is 11.6 Å². The van der Waals surface area contributed by atoms with E-state index >= 15 is 0 Å². The van der Waals surface area contributed by atoms with Gasteiger partial charge in [0.25, 0.3) is 5.91 Å². The molecule has 5 aliphatic carbocycles. The van der Waals surface area contributed by atoms with Gasteiger partial charge >= 0.3 is 0 Å². The number of nitrogens with two attached hydrogens (primary N) is 1. The van der Waals surface area contributed by atoms with Gasteiger partial charge in [0.05, 0.1) is 85.8 Å². The van der Waals surface area contributed by atoms with Crippen molar-refractivity contribution >= 4 is 176 Å². The van der Waals surface area contributed by atoms with Crippen LogP contribution in [0.2, 0.25) is 5.02 Å². The number of aliphatic hydroxyl groups is 1. The van der Waals surface area contributed by atoms with Crippen LogP contribution in [-0.4, -0.2) is 87.6 Å². The molecule has 0 saturated heterocycles. The number of unbranched alkanes of at least 4 members (excludes halogenated alkanes) is 8. The molecule has 644 valence electrons. The molecule has 4 N–H and O–H groups in total. The lowest BCUT2D eigenvalue weighted by Crippen LogP contribution is -2.26. The maximum absolute atomic E-state index is 13.6. The number of carbonyl (C=O) groups excluding carboxylic acids is 6. The first-order valence-electron chi connectivity index (χ1n) is 44.1. The van der Waals surface area contributed by atoms with Crippen LogP contribution in [0, 0.1) is 6.92 Å². The number of fused-ring (bicyclic) bond motifs is 13. The summed E-state index contributed by atoms with van der Waals surface area (Å²) in [5, 5.41) is 25.4. The Bertz CT molecular complexity index is 7750. The summed E-state index contributed by atoms with van der Waals surface area (Å²) < 4.78 is 3.67. The summed E-state index contributed by atoms with van der Waals surface area (Å²) in [6, 6.07) is 89.0. The Hall–Kier alpha value is -13.9. The molecule has 4 heterocycles. The number of nitrogens with zero attached hydrogens (tertiary/aromatic N) is 7. The highest BCUT2D eigenvalue weighted by atomic mass is 79.9. The maximum atomic E-state index is 13.6. The third-order valence-electron chi connectivity index (χ3n) is 25.6. The van der Waals surface area contributed by atoms with Gasteiger partial charge in [-0.15, -0.1) is 0 Å². The van der Waals surface area contributed by atoms with E-state index in [-0.39, 0.29) is 43.8 Å². The second-order valence-electron chi connectivity index (χ2n) is 33.5. The van der Waals surface area contributed by atoms with Gasteiger partial charge in [0.15, 0.2) is 0 Å². The Labute approximate surface area is 777 Å². The Kier molecular flexibility index (Phi) is 24.4. The summed E-state index contributed by atoms with van der Waals surface area (Å²) in [6.45, 7) is 3.16.